The molecule has 3 N–H and O–H groups in total. The minimum absolute atomic E-state index is 0.0859. The molecule has 1 aliphatic heterocycles. The van der Waals surface area contributed by atoms with Gasteiger partial charge in [-0.05, 0) is 36.6 Å². The molecule has 0 aliphatic carbocycles. The van der Waals surface area contributed by atoms with Gasteiger partial charge in [0.1, 0.15) is 0 Å². The van der Waals surface area contributed by atoms with Crippen molar-refractivity contribution in [1.82, 2.24) is 20.5 Å². The predicted molar refractivity (Wildman–Crippen MR) is 109 cm³/mol. The highest BCUT2D eigenvalue weighted by Crippen LogP contribution is 2.21. The molecule has 3 amide bonds. The van der Waals surface area contributed by atoms with Crippen LogP contribution in [-0.2, 0) is 6.54 Å². The van der Waals surface area contributed by atoms with Crippen LogP contribution < -0.4 is 10.6 Å². The average molecular weight is 376 g/mol. The third kappa shape index (κ3) is 4.23. The van der Waals surface area contributed by atoms with E-state index in [2.05, 4.69) is 44.9 Å². The summed E-state index contributed by atoms with van der Waals surface area (Å²) in [7, 11) is 0. The third-order valence-corrected chi connectivity index (χ3v) is 5.25. The zero-order valence-electron chi connectivity index (χ0n) is 15.7. The van der Waals surface area contributed by atoms with Crippen molar-refractivity contribution in [2.24, 2.45) is 0 Å². The number of hydrogen-bond donors (Lipinski definition) is 3. The maximum Gasteiger partial charge on any atom is 0.321 e. The normalized spacial score (nSPS) is 15.4. The van der Waals surface area contributed by atoms with E-state index in [1.807, 2.05) is 12.1 Å². The van der Waals surface area contributed by atoms with Crippen LogP contribution in [0.5, 0.6) is 0 Å². The maximum absolute atomic E-state index is 12.1. The van der Waals surface area contributed by atoms with Crippen LogP contribution in [0.25, 0.3) is 10.9 Å². The molecule has 1 saturated heterocycles. The quantitative estimate of drug-likeness (QED) is 0.654. The van der Waals surface area contributed by atoms with Crippen molar-refractivity contribution in [1.29, 1.82) is 0 Å². The minimum atomic E-state index is -0.427. The number of piperidine rings is 1. The Balaban J connectivity index is 1.25. The number of amides is 3. The van der Waals surface area contributed by atoms with Crippen molar-refractivity contribution in [2.45, 2.75) is 25.4 Å². The Kier molecular flexibility index (Phi) is 5.39. The Hall–Kier alpha value is -3.12. The van der Waals surface area contributed by atoms with Crippen LogP contribution in [0.2, 0.25) is 0 Å². The smallest absolute Gasteiger partial charge is 0.321 e. The predicted octanol–water partition coefficient (Wildman–Crippen LogP) is 3.27. The van der Waals surface area contributed by atoms with Gasteiger partial charge in [0.2, 0.25) is 0 Å². The van der Waals surface area contributed by atoms with E-state index < -0.39 is 6.03 Å². The molecule has 2 aromatic carbocycles. The lowest BCUT2D eigenvalue weighted by molar-refractivity contribution is 0.0962. The molecule has 3 aromatic rings. The SMILES string of the molecule is O=C(NC(=O)c1ccccc1)NC1CCN(Cc2c[nH]c3ccccc23)CC1. The van der Waals surface area contributed by atoms with Crippen molar-refractivity contribution >= 4 is 22.8 Å². The number of nitrogens with one attached hydrogen (secondary N) is 3. The Morgan fingerprint density at radius 3 is 2.50 bits per heavy atom. The Morgan fingerprint density at radius 2 is 1.71 bits per heavy atom. The van der Waals surface area contributed by atoms with Gasteiger partial charge in [0, 0.05) is 48.3 Å². The summed E-state index contributed by atoms with van der Waals surface area (Å²) in [4.78, 5) is 29.9. The number of urea groups is 1. The summed E-state index contributed by atoms with van der Waals surface area (Å²) in [5.41, 5.74) is 2.94. The summed E-state index contributed by atoms with van der Waals surface area (Å²) < 4.78 is 0. The van der Waals surface area contributed by atoms with Gasteiger partial charge in [-0.25, -0.2) is 4.79 Å². The van der Waals surface area contributed by atoms with Crippen LogP contribution in [0, 0.1) is 0 Å². The number of hydrogen-bond acceptors (Lipinski definition) is 3. The molecule has 6 heteroatoms. The standard InChI is InChI=1S/C22H24N4O2/c27-21(16-6-2-1-3-7-16)25-22(28)24-18-10-12-26(13-11-18)15-17-14-23-20-9-5-4-8-19(17)20/h1-9,14,18,23H,10-13,15H2,(H2,24,25,27,28). The molecule has 6 nitrogen and oxygen atoms in total. The number of para-hydroxylation sites is 1. The zero-order valence-corrected chi connectivity index (χ0v) is 15.7. The van der Waals surface area contributed by atoms with Gasteiger partial charge in [0.25, 0.3) is 5.91 Å². The number of nitrogens with zero attached hydrogens (tertiary/aromatic N) is 1. The molecule has 1 aromatic heterocycles. The van der Waals surface area contributed by atoms with Gasteiger partial charge in [-0.1, -0.05) is 36.4 Å². The molecule has 0 bridgehead atoms. The number of fused-ring (bicyclic) bond motifs is 1. The fourth-order valence-electron chi connectivity index (χ4n) is 3.73. The summed E-state index contributed by atoms with van der Waals surface area (Å²) in [5.74, 6) is -0.380. The summed E-state index contributed by atoms with van der Waals surface area (Å²) >= 11 is 0. The van der Waals surface area contributed by atoms with Gasteiger partial charge < -0.3 is 10.3 Å². The van der Waals surface area contributed by atoms with E-state index in [1.165, 1.54) is 10.9 Å². The van der Waals surface area contributed by atoms with Gasteiger partial charge in [-0.2, -0.15) is 0 Å². The van der Waals surface area contributed by atoms with E-state index in [0.717, 1.165) is 38.0 Å². The summed E-state index contributed by atoms with van der Waals surface area (Å²) in [6, 6.07) is 16.7. The molecule has 0 atom stereocenters. The molecule has 1 fully saturated rings. The van der Waals surface area contributed by atoms with Crippen molar-refractivity contribution in [3.63, 3.8) is 0 Å². The van der Waals surface area contributed by atoms with E-state index in [9.17, 15) is 9.59 Å². The van der Waals surface area contributed by atoms with Crippen LogP contribution in [0.4, 0.5) is 4.79 Å². The number of benzene rings is 2. The second kappa shape index (κ2) is 8.27. The molecule has 1 aliphatic rings. The highest BCUT2D eigenvalue weighted by molar-refractivity contribution is 6.04. The fraction of sp³-hybridized carbons (Fsp3) is 0.273. The minimum Gasteiger partial charge on any atom is -0.361 e. The van der Waals surface area contributed by atoms with Gasteiger partial charge in [-0.15, -0.1) is 0 Å². The largest absolute Gasteiger partial charge is 0.361 e. The van der Waals surface area contributed by atoms with Gasteiger partial charge in [-0.3, -0.25) is 15.0 Å². The molecule has 0 radical (unpaired) electrons. The molecule has 0 spiro atoms. The summed E-state index contributed by atoms with van der Waals surface area (Å²) in [6.45, 7) is 2.73. The van der Waals surface area contributed by atoms with E-state index in [-0.39, 0.29) is 11.9 Å². The Labute approximate surface area is 163 Å². The maximum atomic E-state index is 12.1. The van der Waals surface area contributed by atoms with Crippen molar-refractivity contribution in [2.75, 3.05) is 13.1 Å². The van der Waals surface area contributed by atoms with Crippen LogP contribution in [0.1, 0.15) is 28.8 Å². The molecule has 2 heterocycles. The number of carbonyl (C=O) groups excluding carboxylic acids is 2. The van der Waals surface area contributed by atoms with Crippen LogP contribution in [-0.4, -0.2) is 41.0 Å². The molecule has 28 heavy (non-hydrogen) atoms. The first-order valence-corrected chi connectivity index (χ1v) is 9.63. The molecule has 144 valence electrons. The highest BCUT2D eigenvalue weighted by atomic mass is 16.2. The third-order valence-electron chi connectivity index (χ3n) is 5.25. The lowest BCUT2D eigenvalue weighted by Gasteiger charge is -2.32. The van der Waals surface area contributed by atoms with Crippen molar-refractivity contribution in [3.05, 3.63) is 71.9 Å². The van der Waals surface area contributed by atoms with E-state index in [0.29, 0.717) is 5.56 Å². The molecular weight excluding hydrogens is 352 g/mol. The lowest BCUT2D eigenvalue weighted by atomic mass is 10.0. The Morgan fingerprint density at radius 1 is 1.00 bits per heavy atom. The van der Waals surface area contributed by atoms with Gasteiger partial charge in [0.05, 0.1) is 0 Å². The number of carbonyl (C=O) groups is 2. The molecule has 4 rings (SSSR count). The number of rotatable bonds is 4. The monoisotopic (exact) mass is 376 g/mol. The number of H-pyrrole nitrogens is 1. The molecule has 0 saturated carbocycles. The van der Waals surface area contributed by atoms with E-state index in [4.69, 9.17) is 0 Å². The molecule has 0 unspecified atom stereocenters. The van der Waals surface area contributed by atoms with E-state index in [1.54, 1.807) is 24.3 Å². The number of imide groups is 1. The average Bonchev–Trinajstić information content (AvgIpc) is 3.13. The molecular formula is C22H24N4O2. The van der Waals surface area contributed by atoms with Crippen LogP contribution in [0.15, 0.2) is 60.8 Å². The topological polar surface area (TPSA) is 77.2 Å². The summed E-state index contributed by atoms with van der Waals surface area (Å²) in [6.07, 6.45) is 3.82. The van der Waals surface area contributed by atoms with E-state index >= 15 is 0 Å². The first-order chi connectivity index (χ1) is 13.7. The summed E-state index contributed by atoms with van der Waals surface area (Å²) in [5, 5.41) is 6.59. The first-order valence-electron chi connectivity index (χ1n) is 9.63. The Bertz CT molecular complexity index is 959. The fourth-order valence-corrected chi connectivity index (χ4v) is 3.73. The zero-order chi connectivity index (χ0) is 19.3. The lowest BCUT2D eigenvalue weighted by Crippen LogP contribution is -2.49. The number of aromatic amines is 1. The van der Waals surface area contributed by atoms with Crippen LogP contribution in [0.3, 0.4) is 0 Å². The second-order valence-electron chi connectivity index (χ2n) is 7.20. The van der Waals surface area contributed by atoms with Crippen molar-refractivity contribution < 1.29 is 9.59 Å². The second-order valence-corrected chi connectivity index (χ2v) is 7.20. The first kappa shape index (κ1) is 18.3. The highest BCUT2D eigenvalue weighted by Gasteiger charge is 2.22. The number of aromatic nitrogens is 1. The number of likely N-dealkylation sites (tertiary alicyclic amines) is 1. The van der Waals surface area contributed by atoms with Crippen molar-refractivity contribution in [3.8, 4) is 0 Å². The van der Waals surface area contributed by atoms with Gasteiger partial charge >= 0.3 is 6.03 Å². The van der Waals surface area contributed by atoms with Crippen LogP contribution >= 0.6 is 0 Å². The van der Waals surface area contributed by atoms with Gasteiger partial charge in [0.15, 0.2) is 0 Å².